The molecular formula is C48H87NO13. The minimum absolute atomic E-state index is 0.249. The molecule has 2 aliphatic heterocycles. The highest BCUT2D eigenvalue weighted by atomic mass is 16.7. The van der Waals surface area contributed by atoms with Crippen LogP contribution in [0.15, 0.2) is 36.5 Å². The van der Waals surface area contributed by atoms with Gasteiger partial charge in [0.2, 0.25) is 5.91 Å². The van der Waals surface area contributed by atoms with Gasteiger partial charge >= 0.3 is 0 Å². The van der Waals surface area contributed by atoms with Crippen LogP contribution in [0.4, 0.5) is 0 Å². The zero-order valence-electron chi connectivity index (χ0n) is 38.1. The van der Waals surface area contributed by atoms with E-state index in [9.17, 15) is 45.6 Å². The number of nitrogens with one attached hydrogen (secondary N) is 1. The molecule has 0 aromatic carbocycles. The highest BCUT2D eigenvalue weighted by molar-refractivity contribution is 5.76. The minimum Gasteiger partial charge on any atom is -0.394 e. The number of hydrogen-bond acceptors (Lipinski definition) is 13. The zero-order valence-corrected chi connectivity index (χ0v) is 38.1. The molecule has 0 bridgehead atoms. The fraction of sp³-hybridized carbons (Fsp3) is 0.854. The Morgan fingerprint density at radius 3 is 1.65 bits per heavy atom. The van der Waals surface area contributed by atoms with Crippen molar-refractivity contribution in [2.24, 2.45) is 0 Å². The van der Waals surface area contributed by atoms with Gasteiger partial charge < -0.3 is 65.1 Å². The van der Waals surface area contributed by atoms with E-state index < -0.39 is 86.8 Å². The largest absolute Gasteiger partial charge is 0.394 e. The minimum atomic E-state index is -1.79. The molecule has 2 fully saturated rings. The number of carbonyl (C=O) groups excluding carboxylic acids is 1. The number of unbranched alkanes of at least 4 members (excludes halogenated alkanes) is 19. The van der Waals surface area contributed by atoms with Crippen molar-refractivity contribution in [2.75, 3.05) is 19.8 Å². The third-order valence-electron chi connectivity index (χ3n) is 11.8. The molecule has 362 valence electrons. The van der Waals surface area contributed by atoms with E-state index in [-0.39, 0.29) is 18.9 Å². The lowest BCUT2D eigenvalue weighted by Gasteiger charge is -2.46. The molecule has 12 atom stereocenters. The lowest BCUT2D eigenvalue weighted by Crippen LogP contribution is -2.65. The molecule has 0 aromatic rings. The van der Waals surface area contributed by atoms with Gasteiger partial charge in [-0.15, -0.1) is 0 Å². The molecule has 0 aromatic heterocycles. The molecule has 12 unspecified atom stereocenters. The van der Waals surface area contributed by atoms with Crippen molar-refractivity contribution < 1.29 is 64.6 Å². The van der Waals surface area contributed by atoms with Crippen molar-refractivity contribution in [3.05, 3.63) is 36.5 Å². The number of rotatable bonds is 36. The number of amides is 1. The van der Waals surface area contributed by atoms with E-state index in [0.29, 0.717) is 6.42 Å². The summed E-state index contributed by atoms with van der Waals surface area (Å²) < 4.78 is 22.6. The van der Waals surface area contributed by atoms with Crippen LogP contribution in [0.3, 0.4) is 0 Å². The van der Waals surface area contributed by atoms with Crippen LogP contribution in [0.1, 0.15) is 168 Å². The van der Waals surface area contributed by atoms with E-state index in [1.165, 1.54) is 83.5 Å². The van der Waals surface area contributed by atoms with Crippen molar-refractivity contribution in [3.8, 4) is 0 Å². The topological polar surface area (TPSA) is 228 Å². The molecule has 2 rings (SSSR count). The molecule has 1 amide bonds. The molecule has 2 saturated heterocycles. The summed E-state index contributed by atoms with van der Waals surface area (Å²) in [5.74, 6) is -0.249. The molecule has 0 radical (unpaired) electrons. The molecule has 0 spiro atoms. The van der Waals surface area contributed by atoms with Crippen LogP contribution >= 0.6 is 0 Å². The van der Waals surface area contributed by atoms with Gasteiger partial charge in [-0.1, -0.05) is 147 Å². The van der Waals surface area contributed by atoms with E-state index in [4.69, 9.17) is 18.9 Å². The van der Waals surface area contributed by atoms with Gasteiger partial charge in [0.25, 0.3) is 0 Å². The lowest BCUT2D eigenvalue weighted by molar-refractivity contribution is -0.359. The molecule has 14 nitrogen and oxygen atoms in total. The van der Waals surface area contributed by atoms with E-state index in [1.807, 2.05) is 6.08 Å². The summed E-state index contributed by atoms with van der Waals surface area (Å²) in [4.78, 5) is 13.1. The smallest absolute Gasteiger partial charge is 0.220 e. The second-order valence-corrected chi connectivity index (χ2v) is 17.2. The summed E-state index contributed by atoms with van der Waals surface area (Å²) in [5, 5.41) is 86.4. The standard InChI is InChI=1S/C48H87NO13/c1-3-5-7-9-11-13-14-15-16-17-18-19-20-21-22-24-26-28-30-32-40(53)49-36(37(52)31-29-27-25-23-12-10-8-6-4-2)35-59-47-45(58)43(56)46(39(34-51)61-47)62-48-44(57)42(55)41(54)38(33-50)60-48/h11,13,15-16,29,31,36-39,41-48,50-52,54-58H,3-10,12,14,17-28,30,32-35H2,1-2H3,(H,49,53)/b13-11-,16-15-,31-29+. The van der Waals surface area contributed by atoms with E-state index >= 15 is 0 Å². The van der Waals surface area contributed by atoms with Gasteiger partial charge in [-0.25, -0.2) is 0 Å². The monoisotopic (exact) mass is 886 g/mol. The van der Waals surface area contributed by atoms with Crippen LogP contribution < -0.4 is 5.32 Å². The van der Waals surface area contributed by atoms with Crippen LogP contribution in [0.2, 0.25) is 0 Å². The molecule has 0 saturated carbocycles. The van der Waals surface area contributed by atoms with Crippen LogP contribution in [0, 0.1) is 0 Å². The summed E-state index contributed by atoms with van der Waals surface area (Å²) in [6, 6.07) is -0.913. The summed E-state index contributed by atoms with van der Waals surface area (Å²) >= 11 is 0. The third-order valence-corrected chi connectivity index (χ3v) is 11.8. The average Bonchev–Trinajstić information content (AvgIpc) is 3.27. The normalized spacial score (nSPS) is 28.0. The van der Waals surface area contributed by atoms with Crippen molar-refractivity contribution >= 4 is 5.91 Å². The third kappa shape index (κ3) is 22.9. The molecule has 9 N–H and O–H groups in total. The Morgan fingerprint density at radius 1 is 0.581 bits per heavy atom. The summed E-state index contributed by atoms with van der Waals surface area (Å²) in [6.07, 6.45) is 22.0. The van der Waals surface area contributed by atoms with Crippen molar-refractivity contribution in [2.45, 2.75) is 242 Å². The average molecular weight is 886 g/mol. The van der Waals surface area contributed by atoms with Crippen molar-refractivity contribution in [1.82, 2.24) is 5.32 Å². The van der Waals surface area contributed by atoms with Gasteiger partial charge in [0.1, 0.15) is 48.8 Å². The molecule has 62 heavy (non-hydrogen) atoms. The lowest BCUT2D eigenvalue weighted by atomic mass is 9.97. The van der Waals surface area contributed by atoms with Gasteiger partial charge in [-0.05, 0) is 51.4 Å². The first-order valence-corrected chi connectivity index (χ1v) is 24.2. The Kier molecular flexibility index (Phi) is 32.2. The Bertz CT molecular complexity index is 1190. The van der Waals surface area contributed by atoms with Crippen molar-refractivity contribution in [1.29, 1.82) is 0 Å². The summed E-state index contributed by atoms with van der Waals surface area (Å²) in [5.41, 5.74) is 0. The second kappa shape index (κ2) is 35.5. The Morgan fingerprint density at radius 2 is 1.06 bits per heavy atom. The number of hydrogen-bond donors (Lipinski definition) is 9. The van der Waals surface area contributed by atoms with Gasteiger partial charge in [0, 0.05) is 6.42 Å². The number of aliphatic hydroxyl groups is 8. The fourth-order valence-electron chi connectivity index (χ4n) is 7.79. The number of carbonyl (C=O) groups is 1. The SMILES string of the molecule is CCCCC/C=C\C/C=C\CCCCCCCCCCCC(=O)NC(COC1OC(CO)C(OC2OC(CO)C(O)C(O)C2O)C(O)C1O)C(O)/C=C/CCCCCCCCC. The molecule has 0 aliphatic carbocycles. The zero-order chi connectivity index (χ0) is 45.4. The molecular weight excluding hydrogens is 799 g/mol. The number of aliphatic hydroxyl groups excluding tert-OH is 8. The molecule has 2 aliphatic rings. The molecule has 2 heterocycles. The summed E-state index contributed by atoms with van der Waals surface area (Å²) in [6.45, 7) is 2.70. The second-order valence-electron chi connectivity index (χ2n) is 17.2. The first-order chi connectivity index (χ1) is 30.1. The highest BCUT2D eigenvalue weighted by Crippen LogP contribution is 2.30. The first kappa shape index (κ1) is 56.3. The van der Waals surface area contributed by atoms with Gasteiger partial charge in [0.05, 0.1) is 32.0 Å². The van der Waals surface area contributed by atoms with E-state index in [1.54, 1.807) is 6.08 Å². The number of ether oxygens (including phenoxy) is 4. The Balaban J connectivity index is 1.82. The van der Waals surface area contributed by atoms with Gasteiger partial charge in [0.15, 0.2) is 12.6 Å². The first-order valence-electron chi connectivity index (χ1n) is 24.2. The predicted molar refractivity (Wildman–Crippen MR) is 240 cm³/mol. The van der Waals surface area contributed by atoms with Gasteiger partial charge in [-0.3, -0.25) is 4.79 Å². The number of allylic oxidation sites excluding steroid dienone is 5. The van der Waals surface area contributed by atoms with Crippen LogP contribution in [0.5, 0.6) is 0 Å². The Labute approximate surface area is 372 Å². The van der Waals surface area contributed by atoms with Crippen LogP contribution in [0.25, 0.3) is 0 Å². The van der Waals surface area contributed by atoms with Crippen LogP contribution in [-0.2, 0) is 23.7 Å². The maximum Gasteiger partial charge on any atom is 0.220 e. The quantitative estimate of drug-likeness (QED) is 0.0279. The maximum atomic E-state index is 13.1. The Hall–Kier alpha value is -1.79. The van der Waals surface area contributed by atoms with Crippen molar-refractivity contribution in [3.63, 3.8) is 0 Å². The fourth-order valence-corrected chi connectivity index (χ4v) is 7.79. The predicted octanol–water partition coefficient (Wildman–Crippen LogP) is 5.54. The van der Waals surface area contributed by atoms with Crippen LogP contribution in [-0.4, -0.2) is 140 Å². The van der Waals surface area contributed by atoms with E-state index in [0.717, 1.165) is 57.8 Å². The highest BCUT2D eigenvalue weighted by Gasteiger charge is 2.51. The van der Waals surface area contributed by atoms with Gasteiger partial charge in [-0.2, -0.15) is 0 Å². The van der Waals surface area contributed by atoms with E-state index in [2.05, 4.69) is 43.5 Å². The maximum absolute atomic E-state index is 13.1. The molecule has 14 heteroatoms. The summed E-state index contributed by atoms with van der Waals surface area (Å²) in [7, 11) is 0.